The molecule has 1 aliphatic rings. The van der Waals surface area contributed by atoms with Gasteiger partial charge in [0.05, 0.1) is 32.9 Å². The average Bonchev–Trinajstić information content (AvgIpc) is 3.25. The van der Waals surface area contributed by atoms with E-state index in [4.69, 9.17) is 11.6 Å². The van der Waals surface area contributed by atoms with Crippen LogP contribution in [0.1, 0.15) is 18.2 Å². The van der Waals surface area contributed by atoms with E-state index in [0.29, 0.717) is 16.2 Å². The van der Waals surface area contributed by atoms with Gasteiger partial charge in [-0.05, 0) is 30.3 Å². The van der Waals surface area contributed by atoms with Crippen molar-refractivity contribution in [1.82, 2.24) is 4.98 Å². The Labute approximate surface area is 199 Å². The quantitative estimate of drug-likeness (QED) is 0.359. The lowest BCUT2D eigenvalue weighted by atomic mass is 10.0. The first-order chi connectivity index (χ1) is 16.0. The van der Waals surface area contributed by atoms with Crippen LogP contribution in [0, 0.1) is 0 Å². The summed E-state index contributed by atoms with van der Waals surface area (Å²) >= 11 is 6.22. The number of alkyl halides is 5. The number of pyridine rings is 1. The zero-order valence-corrected chi connectivity index (χ0v) is 19.1. The molecule has 4 nitrogen and oxygen atoms in total. The summed E-state index contributed by atoms with van der Waals surface area (Å²) in [5, 5.41) is 4.85. The third-order valence-corrected chi connectivity index (χ3v) is 6.61. The van der Waals surface area contributed by atoms with E-state index in [1.165, 1.54) is 24.5 Å². The van der Waals surface area contributed by atoms with Gasteiger partial charge in [0.1, 0.15) is 11.8 Å². The molecule has 0 saturated heterocycles. The number of nitrogens with zero attached hydrogens (tertiary/aromatic N) is 3. The highest BCUT2D eigenvalue weighted by atomic mass is 35.5. The molecular formula is C23H17ClF5N3OS. The monoisotopic (exact) mass is 513 g/mol. The van der Waals surface area contributed by atoms with Gasteiger partial charge in [0.15, 0.2) is 0 Å². The van der Waals surface area contributed by atoms with Gasteiger partial charge in [-0.3, -0.25) is 14.2 Å². The first kappa shape index (κ1) is 24.3. The first-order valence-electron chi connectivity index (χ1n) is 9.96. The van der Waals surface area contributed by atoms with E-state index < -0.39 is 41.1 Å². The van der Waals surface area contributed by atoms with Crippen LogP contribution in [0.3, 0.4) is 0 Å². The van der Waals surface area contributed by atoms with Gasteiger partial charge in [-0.2, -0.15) is 27.1 Å². The number of halogens is 6. The molecule has 1 aliphatic heterocycles. The van der Waals surface area contributed by atoms with Crippen LogP contribution < -0.4 is 5.01 Å². The fraction of sp³-hybridized carbons (Fsp3) is 0.217. The van der Waals surface area contributed by atoms with Gasteiger partial charge in [0.25, 0.3) is 0 Å². The molecule has 2 unspecified atom stereocenters. The van der Waals surface area contributed by atoms with E-state index in [-0.39, 0.29) is 16.4 Å². The van der Waals surface area contributed by atoms with E-state index in [1.54, 1.807) is 48.5 Å². The van der Waals surface area contributed by atoms with Gasteiger partial charge < -0.3 is 0 Å². The Morgan fingerprint density at radius 1 is 0.971 bits per heavy atom. The number of hydrazone groups is 1. The number of para-hydroxylation sites is 1. The molecule has 0 bridgehead atoms. The Morgan fingerprint density at radius 3 is 2.32 bits per heavy atom. The molecule has 4 rings (SSSR count). The summed E-state index contributed by atoms with van der Waals surface area (Å²) in [4.78, 5) is 5.05. The van der Waals surface area contributed by atoms with Gasteiger partial charge in [-0.1, -0.05) is 48.0 Å². The molecule has 0 amide bonds. The third-order valence-electron chi connectivity index (χ3n) is 5.31. The van der Waals surface area contributed by atoms with Crippen LogP contribution in [0.4, 0.5) is 27.6 Å². The van der Waals surface area contributed by atoms with Crippen molar-refractivity contribution in [3.8, 4) is 11.3 Å². The zero-order valence-electron chi connectivity index (χ0n) is 17.6. The molecule has 2 atom stereocenters. The Kier molecular flexibility index (Phi) is 6.48. The van der Waals surface area contributed by atoms with Crippen molar-refractivity contribution in [2.24, 2.45) is 5.10 Å². The SMILES string of the molecule is CS(=O)c1ccccc1-c1cccc(C2CC(C(F)(F)C(F)(F)F)=NN2c2ccccc2Cl)n1. The summed E-state index contributed by atoms with van der Waals surface area (Å²) in [6.07, 6.45) is -5.00. The number of hydrogen-bond donors (Lipinski definition) is 0. The van der Waals surface area contributed by atoms with Crippen molar-refractivity contribution in [3.63, 3.8) is 0 Å². The number of rotatable bonds is 5. The molecule has 0 fully saturated rings. The van der Waals surface area contributed by atoms with E-state index in [0.717, 1.165) is 5.01 Å². The molecule has 2 aromatic carbocycles. The highest BCUT2D eigenvalue weighted by Gasteiger charge is 2.63. The maximum Gasteiger partial charge on any atom is 0.459 e. The lowest BCUT2D eigenvalue weighted by molar-refractivity contribution is -0.249. The van der Waals surface area contributed by atoms with Crippen LogP contribution in [0.2, 0.25) is 5.02 Å². The predicted octanol–water partition coefficient (Wildman–Crippen LogP) is 6.64. The second-order valence-corrected chi connectivity index (χ2v) is 9.29. The van der Waals surface area contributed by atoms with Crippen LogP contribution >= 0.6 is 11.6 Å². The predicted molar refractivity (Wildman–Crippen MR) is 122 cm³/mol. The highest BCUT2D eigenvalue weighted by molar-refractivity contribution is 7.84. The highest BCUT2D eigenvalue weighted by Crippen LogP contribution is 2.45. The van der Waals surface area contributed by atoms with Crippen LogP contribution in [-0.2, 0) is 10.8 Å². The van der Waals surface area contributed by atoms with Crippen LogP contribution in [-0.4, -0.2) is 33.3 Å². The molecule has 1 aromatic heterocycles. The van der Waals surface area contributed by atoms with Gasteiger partial charge in [-0.25, -0.2) is 0 Å². The van der Waals surface area contributed by atoms with Crippen molar-refractivity contribution < 1.29 is 26.2 Å². The minimum Gasteiger partial charge on any atom is -0.255 e. The van der Waals surface area contributed by atoms with Gasteiger partial charge >= 0.3 is 12.1 Å². The van der Waals surface area contributed by atoms with Gasteiger partial charge in [0.2, 0.25) is 0 Å². The first-order valence-corrected chi connectivity index (χ1v) is 11.9. The molecule has 0 N–H and O–H groups in total. The Balaban J connectivity index is 1.82. The van der Waals surface area contributed by atoms with Gasteiger partial charge in [0, 0.05) is 23.1 Å². The van der Waals surface area contributed by atoms with Crippen molar-refractivity contribution in [2.45, 2.75) is 29.5 Å². The lowest BCUT2D eigenvalue weighted by Gasteiger charge is -2.24. The summed E-state index contributed by atoms with van der Waals surface area (Å²) in [7, 11) is -1.33. The normalized spacial score (nSPS) is 17.6. The van der Waals surface area contributed by atoms with Gasteiger partial charge in [-0.15, -0.1) is 0 Å². The summed E-state index contributed by atoms with van der Waals surface area (Å²) in [6.45, 7) is 0. The van der Waals surface area contributed by atoms with Crippen molar-refractivity contribution in [2.75, 3.05) is 11.3 Å². The summed E-state index contributed by atoms with van der Waals surface area (Å²) in [5.41, 5.74) is 0.0232. The molecule has 3 aromatic rings. The minimum atomic E-state index is -5.80. The minimum absolute atomic E-state index is 0.135. The topological polar surface area (TPSA) is 45.6 Å². The molecule has 0 saturated carbocycles. The van der Waals surface area contributed by atoms with Crippen molar-refractivity contribution in [3.05, 3.63) is 77.4 Å². The molecule has 0 radical (unpaired) electrons. The Hall–Kier alpha value is -2.85. The molecule has 0 aliphatic carbocycles. The Bertz CT molecular complexity index is 1280. The largest absolute Gasteiger partial charge is 0.459 e. The molecule has 0 spiro atoms. The summed E-state index contributed by atoms with van der Waals surface area (Å²) in [5.74, 6) is -5.12. The fourth-order valence-corrected chi connectivity index (χ4v) is 4.64. The number of aromatic nitrogens is 1. The second-order valence-electron chi connectivity index (χ2n) is 7.53. The van der Waals surface area contributed by atoms with Crippen LogP contribution in [0.25, 0.3) is 11.3 Å². The summed E-state index contributed by atoms with van der Waals surface area (Å²) < 4.78 is 79.9. The van der Waals surface area contributed by atoms with E-state index in [1.807, 2.05) is 0 Å². The van der Waals surface area contributed by atoms with E-state index in [9.17, 15) is 26.2 Å². The molecule has 178 valence electrons. The number of hydrogen-bond acceptors (Lipinski definition) is 4. The molecular weight excluding hydrogens is 497 g/mol. The maximum atomic E-state index is 14.2. The lowest BCUT2D eigenvalue weighted by Crippen LogP contribution is -2.43. The average molecular weight is 514 g/mol. The molecule has 34 heavy (non-hydrogen) atoms. The van der Waals surface area contributed by atoms with Crippen molar-refractivity contribution >= 4 is 33.8 Å². The standard InChI is InChI=1S/C23H17ClF5N3OS/c1-34(33)20-12-5-2-7-14(20)16-9-6-10-17(30-16)19-13-21(22(25,26)23(27,28)29)31-32(19)18-11-4-3-8-15(18)24/h2-12,19H,13H2,1H3. The number of benzene rings is 2. The van der Waals surface area contributed by atoms with Crippen molar-refractivity contribution in [1.29, 1.82) is 0 Å². The molecule has 11 heteroatoms. The Morgan fingerprint density at radius 2 is 1.65 bits per heavy atom. The smallest absolute Gasteiger partial charge is 0.255 e. The third kappa shape index (κ3) is 4.44. The fourth-order valence-electron chi connectivity index (χ4n) is 3.67. The van der Waals surface area contributed by atoms with Crippen LogP contribution in [0.15, 0.2) is 76.7 Å². The maximum absolute atomic E-state index is 14.2. The van der Waals surface area contributed by atoms with E-state index >= 15 is 0 Å². The molecule has 2 heterocycles. The second kappa shape index (κ2) is 9.07. The van der Waals surface area contributed by atoms with E-state index in [2.05, 4.69) is 10.1 Å². The van der Waals surface area contributed by atoms with Crippen LogP contribution in [0.5, 0.6) is 0 Å². The summed E-state index contributed by atoms with van der Waals surface area (Å²) in [6, 6.07) is 16.7. The number of anilines is 1. The zero-order chi connectivity index (χ0) is 24.7.